The van der Waals surface area contributed by atoms with Crippen LogP contribution >= 0.6 is 45.8 Å². The number of pyridine rings is 4. The van der Waals surface area contributed by atoms with E-state index in [-0.39, 0.29) is 0 Å². The highest BCUT2D eigenvalue weighted by atomic mass is 127. The molecule has 6 aromatic heterocycles. The molecule has 0 radical (unpaired) electrons. The number of halogens is 5. The second-order valence-corrected chi connectivity index (χ2v) is 9.84. The van der Waals surface area contributed by atoms with Gasteiger partial charge in [0, 0.05) is 12.4 Å². The molecular formula is C30H17Cl2F2IN8. The van der Waals surface area contributed by atoms with Gasteiger partial charge in [0.05, 0.1) is 45.3 Å². The first-order valence-corrected chi connectivity index (χ1v) is 13.9. The molecule has 6 rings (SSSR count). The maximum Gasteiger partial charge on any atom is 0.212 e. The molecule has 0 aliphatic heterocycles. The monoisotopic (exact) mass is 724 g/mol. The molecule has 6 heterocycles. The molecular weight excluding hydrogens is 708 g/mol. The molecule has 8 nitrogen and oxygen atoms in total. The molecule has 0 fully saturated rings. The maximum absolute atomic E-state index is 12.8. The van der Waals surface area contributed by atoms with Gasteiger partial charge in [-0.05, 0) is 77.0 Å². The minimum absolute atomic E-state index is 0.340. The van der Waals surface area contributed by atoms with Gasteiger partial charge in [-0.25, -0.2) is 29.3 Å². The largest absolute Gasteiger partial charge is 0.248 e. The fraction of sp³-hybridized carbons (Fsp3) is 0. The molecule has 0 atom stereocenters. The van der Waals surface area contributed by atoms with Crippen LogP contribution in [0.3, 0.4) is 0 Å². The van der Waals surface area contributed by atoms with Crippen LogP contribution in [-0.2, 0) is 0 Å². The highest BCUT2D eigenvalue weighted by molar-refractivity contribution is 14.1. The van der Waals surface area contributed by atoms with Crippen molar-refractivity contribution in [2.45, 2.75) is 0 Å². The average Bonchev–Trinajstić information content (AvgIpc) is 3.58. The van der Waals surface area contributed by atoms with Gasteiger partial charge in [0.1, 0.15) is 21.7 Å². The molecule has 0 saturated carbocycles. The summed E-state index contributed by atoms with van der Waals surface area (Å²) in [6.45, 7) is 0. The van der Waals surface area contributed by atoms with E-state index in [4.69, 9.17) is 29.6 Å². The van der Waals surface area contributed by atoms with E-state index in [0.29, 0.717) is 38.6 Å². The van der Waals surface area contributed by atoms with E-state index >= 15 is 0 Å². The third-order valence-corrected chi connectivity index (χ3v) is 6.93. The number of aromatic nitrogens is 8. The van der Waals surface area contributed by atoms with E-state index in [1.807, 2.05) is 24.3 Å². The summed E-state index contributed by atoms with van der Waals surface area (Å²) in [7, 11) is 0. The lowest BCUT2D eigenvalue weighted by Gasteiger charge is -2.01. The van der Waals surface area contributed by atoms with E-state index in [1.54, 1.807) is 43.0 Å². The van der Waals surface area contributed by atoms with Crippen LogP contribution in [0.1, 0.15) is 17.0 Å². The standard InChI is InChI=1S/C15H8ClFN4.C8H4ClFIN3.C7H5N/c16-15-11(4-5-12-3-1-2-8-18-12)9-20-21(15)13-6-7-14(17)19-10-13;9-8-6(11)4-13-14(8)5-1-2-7(10)12-3-5;1-2-7-5-3-4-6-8-7/h1-3,6-10H;1-4H;1,3-6H. The molecule has 0 bridgehead atoms. The third kappa shape index (κ3) is 8.90. The van der Waals surface area contributed by atoms with Crippen LogP contribution in [0.5, 0.6) is 0 Å². The molecule has 6 aromatic rings. The van der Waals surface area contributed by atoms with Crippen LogP contribution in [0.15, 0.2) is 97.8 Å². The fourth-order valence-electron chi connectivity index (χ4n) is 3.09. The molecule has 0 aliphatic carbocycles. The van der Waals surface area contributed by atoms with Crippen LogP contribution in [-0.4, -0.2) is 39.5 Å². The Labute approximate surface area is 268 Å². The Bertz CT molecular complexity index is 1880. The van der Waals surface area contributed by atoms with Crippen molar-refractivity contribution in [3.05, 3.63) is 141 Å². The molecule has 13 heteroatoms. The Morgan fingerprint density at radius 2 is 1.21 bits per heavy atom. The average molecular weight is 725 g/mol. The van der Waals surface area contributed by atoms with Crippen molar-refractivity contribution in [2.24, 2.45) is 0 Å². The summed E-state index contributed by atoms with van der Waals surface area (Å²) in [4.78, 5) is 15.0. The number of terminal acetylenes is 1. The number of hydrogen-bond acceptors (Lipinski definition) is 6. The molecule has 0 saturated heterocycles. The zero-order valence-electron chi connectivity index (χ0n) is 21.8. The van der Waals surface area contributed by atoms with Gasteiger partial charge in [0.2, 0.25) is 11.9 Å². The molecule has 0 spiro atoms. The van der Waals surface area contributed by atoms with Gasteiger partial charge in [-0.15, -0.1) is 6.42 Å². The maximum atomic E-state index is 12.8. The normalized spacial score (nSPS) is 9.77. The number of rotatable bonds is 2. The van der Waals surface area contributed by atoms with Gasteiger partial charge in [0.15, 0.2) is 0 Å². The minimum atomic E-state index is -0.558. The number of hydrogen-bond donors (Lipinski definition) is 0. The Kier molecular flexibility index (Phi) is 11.3. The van der Waals surface area contributed by atoms with Crippen LogP contribution in [0.2, 0.25) is 10.3 Å². The topological polar surface area (TPSA) is 87.2 Å². The summed E-state index contributed by atoms with van der Waals surface area (Å²) in [5.41, 5.74) is 3.09. The SMILES string of the molecule is C#Cc1ccccn1.Fc1ccc(-n2ncc(C#Cc3ccccn3)c2Cl)cn1.Fc1ccc(-n2ncc(I)c2Cl)cn1. The lowest BCUT2D eigenvalue weighted by Crippen LogP contribution is -1.97. The van der Waals surface area contributed by atoms with Gasteiger partial charge in [-0.3, -0.25) is 0 Å². The Hall–Kier alpha value is -4.69. The summed E-state index contributed by atoms with van der Waals surface area (Å²) < 4.78 is 29.1. The zero-order valence-corrected chi connectivity index (χ0v) is 25.5. The van der Waals surface area contributed by atoms with Crippen molar-refractivity contribution in [1.29, 1.82) is 0 Å². The predicted molar refractivity (Wildman–Crippen MR) is 168 cm³/mol. The van der Waals surface area contributed by atoms with Crippen molar-refractivity contribution in [3.63, 3.8) is 0 Å². The molecule has 0 aromatic carbocycles. The van der Waals surface area contributed by atoms with Crippen molar-refractivity contribution in [3.8, 4) is 35.6 Å². The first-order valence-electron chi connectivity index (χ1n) is 12.0. The van der Waals surface area contributed by atoms with Crippen LogP contribution in [0, 0.1) is 39.7 Å². The zero-order chi connectivity index (χ0) is 30.6. The van der Waals surface area contributed by atoms with Crippen LogP contribution in [0.25, 0.3) is 11.4 Å². The highest BCUT2D eigenvalue weighted by Crippen LogP contribution is 2.21. The smallest absolute Gasteiger partial charge is 0.212 e. The van der Waals surface area contributed by atoms with Crippen molar-refractivity contribution >= 4 is 45.8 Å². The van der Waals surface area contributed by atoms with E-state index in [1.165, 1.54) is 40.0 Å². The van der Waals surface area contributed by atoms with Gasteiger partial charge in [-0.1, -0.05) is 47.2 Å². The van der Waals surface area contributed by atoms with Gasteiger partial charge in [0.25, 0.3) is 0 Å². The quantitative estimate of drug-likeness (QED) is 0.114. The Morgan fingerprint density at radius 3 is 1.65 bits per heavy atom. The van der Waals surface area contributed by atoms with Crippen molar-refractivity contribution in [2.75, 3.05) is 0 Å². The van der Waals surface area contributed by atoms with Crippen molar-refractivity contribution in [1.82, 2.24) is 39.5 Å². The van der Waals surface area contributed by atoms with Crippen molar-refractivity contribution < 1.29 is 8.78 Å². The first kappa shape index (κ1) is 31.3. The van der Waals surface area contributed by atoms with Gasteiger partial charge < -0.3 is 0 Å². The second-order valence-electron chi connectivity index (χ2n) is 7.96. The minimum Gasteiger partial charge on any atom is -0.248 e. The fourth-order valence-corrected chi connectivity index (χ4v) is 3.87. The lowest BCUT2D eigenvalue weighted by atomic mass is 10.3. The third-order valence-electron chi connectivity index (χ3n) is 5.10. The van der Waals surface area contributed by atoms with Crippen LogP contribution < -0.4 is 0 Å². The van der Waals surface area contributed by atoms with E-state index in [0.717, 1.165) is 3.57 Å². The molecule has 0 unspecified atom stereocenters. The van der Waals surface area contributed by atoms with E-state index in [9.17, 15) is 8.78 Å². The number of nitrogens with zero attached hydrogens (tertiary/aromatic N) is 8. The lowest BCUT2D eigenvalue weighted by molar-refractivity contribution is 0.582. The molecule has 0 N–H and O–H groups in total. The molecule has 43 heavy (non-hydrogen) atoms. The molecule has 212 valence electrons. The predicted octanol–water partition coefficient (Wildman–Crippen LogP) is 6.58. The van der Waals surface area contributed by atoms with E-state index < -0.39 is 11.9 Å². The Morgan fingerprint density at radius 1 is 0.651 bits per heavy atom. The summed E-state index contributed by atoms with van der Waals surface area (Å²) in [6.07, 6.45) is 14.3. The molecule has 0 amide bonds. The van der Waals surface area contributed by atoms with E-state index in [2.05, 4.69) is 70.5 Å². The molecule has 0 aliphatic rings. The summed E-state index contributed by atoms with van der Waals surface area (Å²) >= 11 is 14.2. The van der Waals surface area contributed by atoms with Gasteiger partial charge in [-0.2, -0.15) is 19.0 Å². The van der Waals surface area contributed by atoms with Gasteiger partial charge >= 0.3 is 0 Å². The summed E-state index contributed by atoms with van der Waals surface area (Å²) in [5, 5.41) is 9.00. The first-order chi connectivity index (χ1) is 20.9. The summed E-state index contributed by atoms with van der Waals surface area (Å²) in [6, 6.07) is 16.6. The Balaban J connectivity index is 0.000000165. The highest BCUT2D eigenvalue weighted by Gasteiger charge is 2.09. The summed E-state index contributed by atoms with van der Waals surface area (Å²) in [5.74, 6) is 7.15. The second kappa shape index (κ2) is 15.5. The van der Waals surface area contributed by atoms with Crippen LogP contribution in [0.4, 0.5) is 8.78 Å².